The number of benzene rings is 1. The molecule has 1 aromatic rings. The van der Waals surface area contributed by atoms with Gasteiger partial charge in [-0.3, -0.25) is 4.79 Å². The number of amides is 1. The van der Waals surface area contributed by atoms with Crippen LogP contribution in [-0.2, 0) is 11.3 Å². The van der Waals surface area contributed by atoms with Gasteiger partial charge in [-0.2, -0.15) is 0 Å². The highest BCUT2D eigenvalue weighted by molar-refractivity contribution is 5.85. The minimum atomic E-state index is -0.230. The molecule has 0 saturated carbocycles. The second-order valence-corrected chi connectivity index (χ2v) is 7.09. The Morgan fingerprint density at radius 3 is 2.30 bits per heavy atom. The fourth-order valence-corrected chi connectivity index (χ4v) is 1.93. The molecule has 0 bridgehead atoms. The molecule has 0 fully saturated rings. The highest BCUT2D eigenvalue weighted by atomic mass is 35.5. The predicted molar refractivity (Wildman–Crippen MR) is 98.2 cm³/mol. The van der Waals surface area contributed by atoms with Crippen molar-refractivity contribution in [2.24, 2.45) is 5.92 Å². The summed E-state index contributed by atoms with van der Waals surface area (Å²) in [5.74, 6) is 1.34. The second-order valence-electron chi connectivity index (χ2n) is 7.09. The van der Waals surface area contributed by atoms with Crippen molar-refractivity contribution in [1.29, 1.82) is 0 Å². The number of nitrogens with one attached hydrogen (secondary N) is 2. The fourth-order valence-electron chi connectivity index (χ4n) is 1.93. The van der Waals surface area contributed by atoms with E-state index in [0.29, 0.717) is 0 Å². The van der Waals surface area contributed by atoms with Gasteiger partial charge in [-0.05, 0) is 57.4 Å². The average Bonchev–Trinajstić information content (AvgIpc) is 2.40. The molecule has 0 aliphatic heterocycles. The van der Waals surface area contributed by atoms with E-state index in [4.69, 9.17) is 4.74 Å². The summed E-state index contributed by atoms with van der Waals surface area (Å²) in [6, 6.07) is 7.87. The molecule has 132 valence electrons. The van der Waals surface area contributed by atoms with Crippen LogP contribution in [0, 0.1) is 5.92 Å². The van der Waals surface area contributed by atoms with Crippen molar-refractivity contribution in [3.05, 3.63) is 29.8 Å². The van der Waals surface area contributed by atoms with Crippen LogP contribution in [0.25, 0.3) is 0 Å². The first-order chi connectivity index (χ1) is 10.3. The molecule has 1 aromatic carbocycles. The third-order valence-electron chi connectivity index (χ3n) is 3.04. The number of halogens is 1. The fraction of sp³-hybridized carbons (Fsp3) is 0.611. The molecule has 1 rings (SSSR count). The molecular formula is C18H31ClN2O2. The molecule has 0 atom stereocenters. The van der Waals surface area contributed by atoms with Crippen molar-refractivity contribution in [1.82, 2.24) is 10.6 Å². The lowest BCUT2D eigenvalue weighted by molar-refractivity contribution is -0.124. The van der Waals surface area contributed by atoms with Crippen LogP contribution in [0.15, 0.2) is 24.3 Å². The standard InChI is InChI=1S/C18H30N2O2.ClH/c1-14(2)10-11-19-12-15-6-8-16(9-7-15)22-13-17(21)20-18(3,4)5;/h6-9,14,19H,10-13H2,1-5H3,(H,20,21);1H. The van der Waals surface area contributed by atoms with Crippen molar-refractivity contribution in [2.75, 3.05) is 13.2 Å². The Morgan fingerprint density at radius 2 is 1.78 bits per heavy atom. The minimum Gasteiger partial charge on any atom is -0.484 e. The highest BCUT2D eigenvalue weighted by Crippen LogP contribution is 2.12. The lowest BCUT2D eigenvalue weighted by Gasteiger charge is -2.20. The number of hydrogen-bond acceptors (Lipinski definition) is 3. The Balaban J connectivity index is 0.00000484. The van der Waals surface area contributed by atoms with Gasteiger partial charge in [0.1, 0.15) is 5.75 Å². The van der Waals surface area contributed by atoms with Crippen LogP contribution in [0.5, 0.6) is 5.75 Å². The third-order valence-corrected chi connectivity index (χ3v) is 3.04. The summed E-state index contributed by atoms with van der Waals surface area (Å²) in [6.45, 7) is 12.2. The van der Waals surface area contributed by atoms with Crippen molar-refractivity contribution >= 4 is 18.3 Å². The van der Waals surface area contributed by atoms with Crippen LogP contribution >= 0.6 is 12.4 Å². The maximum Gasteiger partial charge on any atom is 0.258 e. The Morgan fingerprint density at radius 1 is 1.17 bits per heavy atom. The summed E-state index contributed by atoms with van der Waals surface area (Å²) in [6.07, 6.45) is 1.18. The van der Waals surface area contributed by atoms with Crippen molar-refractivity contribution < 1.29 is 9.53 Å². The predicted octanol–water partition coefficient (Wildman–Crippen LogP) is 3.54. The molecule has 1 amide bonds. The topological polar surface area (TPSA) is 50.4 Å². The summed E-state index contributed by atoms with van der Waals surface area (Å²) < 4.78 is 5.49. The first-order valence-electron chi connectivity index (χ1n) is 8.00. The first-order valence-corrected chi connectivity index (χ1v) is 8.00. The average molecular weight is 343 g/mol. The number of ether oxygens (including phenoxy) is 1. The van der Waals surface area contributed by atoms with Gasteiger partial charge < -0.3 is 15.4 Å². The number of hydrogen-bond donors (Lipinski definition) is 2. The van der Waals surface area contributed by atoms with Crippen LogP contribution in [0.3, 0.4) is 0 Å². The molecule has 4 nitrogen and oxygen atoms in total. The molecule has 0 unspecified atom stereocenters. The molecule has 0 spiro atoms. The van der Waals surface area contributed by atoms with Crippen molar-refractivity contribution in [3.63, 3.8) is 0 Å². The Labute approximate surface area is 146 Å². The van der Waals surface area contributed by atoms with Crippen LogP contribution in [0.1, 0.15) is 46.6 Å². The van der Waals surface area contributed by atoms with E-state index in [1.807, 2.05) is 45.0 Å². The Hall–Kier alpha value is -1.26. The van der Waals surface area contributed by atoms with E-state index in [1.165, 1.54) is 12.0 Å². The molecule has 0 saturated heterocycles. The van der Waals surface area contributed by atoms with Gasteiger partial charge in [0.2, 0.25) is 0 Å². The zero-order valence-corrected chi connectivity index (χ0v) is 15.8. The van der Waals surface area contributed by atoms with E-state index in [9.17, 15) is 4.79 Å². The van der Waals surface area contributed by atoms with Gasteiger partial charge in [-0.25, -0.2) is 0 Å². The summed E-state index contributed by atoms with van der Waals surface area (Å²) in [4.78, 5) is 11.7. The van der Waals surface area contributed by atoms with Gasteiger partial charge in [0, 0.05) is 12.1 Å². The van der Waals surface area contributed by atoms with Crippen LogP contribution in [0.4, 0.5) is 0 Å². The SMILES string of the molecule is CC(C)CCNCc1ccc(OCC(=O)NC(C)(C)C)cc1.Cl. The monoisotopic (exact) mass is 342 g/mol. The largest absolute Gasteiger partial charge is 0.484 e. The summed E-state index contributed by atoms with van der Waals surface area (Å²) in [5.41, 5.74) is 0.988. The number of rotatable bonds is 8. The molecule has 0 aliphatic rings. The van der Waals surface area contributed by atoms with Crippen LogP contribution in [-0.4, -0.2) is 24.6 Å². The quantitative estimate of drug-likeness (QED) is 0.710. The number of carbonyl (C=O) groups excluding carboxylic acids is 1. The Kier molecular flexibility index (Phi) is 9.93. The molecule has 5 heteroatoms. The first kappa shape index (κ1) is 21.7. The van der Waals surface area contributed by atoms with Gasteiger partial charge in [-0.15, -0.1) is 12.4 Å². The van der Waals surface area contributed by atoms with E-state index in [0.717, 1.165) is 24.8 Å². The third kappa shape index (κ3) is 11.0. The molecule has 2 N–H and O–H groups in total. The molecule has 0 aliphatic carbocycles. The molecule has 0 heterocycles. The maximum absolute atomic E-state index is 11.7. The van der Waals surface area contributed by atoms with E-state index in [-0.39, 0.29) is 30.5 Å². The smallest absolute Gasteiger partial charge is 0.258 e. The zero-order valence-electron chi connectivity index (χ0n) is 14.9. The van der Waals surface area contributed by atoms with Gasteiger partial charge >= 0.3 is 0 Å². The molecule has 0 aromatic heterocycles. The highest BCUT2D eigenvalue weighted by Gasteiger charge is 2.13. The van der Waals surface area contributed by atoms with E-state index in [1.54, 1.807) is 0 Å². The van der Waals surface area contributed by atoms with E-state index < -0.39 is 0 Å². The maximum atomic E-state index is 11.7. The molecular weight excluding hydrogens is 312 g/mol. The summed E-state index contributed by atoms with van der Waals surface area (Å²) >= 11 is 0. The zero-order chi connectivity index (χ0) is 16.6. The minimum absolute atomic E-state index is 0. The lowest BCUT2D eigenvalue weighted by Crippen LogP contribution is -2.43. The van der Waals surface area contributed by atoms with Crippen molar-refractivity contribution in [2.45, 2.75) is 53.1 Å². The van der Waals surface area contributed by atoms with Gasteiger partial charge in [0.15, 0.2) is 6.61 Å². The molecule has 0 radical (unpaired) electrons. The van der Waals surface area contributed by atoms with Crippen LogP contribution < -0.4 is 15.4 Å². The number of carbonyl (C=O) groups is 1. The van der Waals surface area contributed by atoms with Gasteiger partial charge in [0.25, 0.3) is 5.91 Å². The normalized spacial score (nSPS) is 11.0. The lowest BCUT2D eigenvalue weighted by atomic mass is 10.1. The second kappa shape index (κ2) is 10.5. The van der Waals surface area contributed by atoms with E-state index in [2.05, 4.69) is 24.5 Å². The van der Waals surface area contributed by atoms with Crippen molar-refractivity contribution in [3.8, 4) is 5.75 Å². The summed E-state index contributed by atoms with van der Waals surface area (Å²) in [5, 5.41) is 6.29. The van der Waals surface area contributed by atoms with Gasteiger partial charge in [0.05, 0.1) is 0 Å². The molecule has 23 heavy (non-hydrogen) atoms. The summed E-state index contributed by atoms with van der Waals surface area (Å²) in [7, 11) is 0. The van der Waals surface area contributed by atoms with Crippen LogP contribution in [0.2, 0.25) is 0 Å². The van der Waals surface area contributed by atoms with Gasteiger partial charge in [-0.1, -0.05) is 26.0 Å². The Bertz CT molecular complexity index is 453. The van der Waals surface area contributed by atoms with E-state index >= 15 is 0 Å².